The SMILES string of the molecule is N#Cc1ccnc(OC2CCN(Cc3ccccc3)C2)c1. The largest absolute Gasteiger partial charge is 0.473 e. The summed E-state index contributed by atoms with van der Waals surface area (Å²) in [5.41, 5.74) is 1.90. The second kappa shape index (κ2) is 6.38. The van der Waals surface area contributed by atoms with Crippen molar-refractivity contribution in [2.75, 3.05) is 13.1 Å². The molecule has 0 saturated carbocycles. The van der Waals surface area contributed by atoms with Gasteiger partial charge in [0.2, 0.25) is 5.88 Å². The van der Waals surface area contributed by atoms with Crippen molar-refractivity contribution < 1.29 is 4.74 Å². The molecule has 1 aromatic heterocycles. The summed E-state index contributed by atoms with van der Waals surface area (Å²) in [5.74, 6) is 0.542. The van der Waals surface area contributed by atoms with Crippen LogP contribution in [-0.2, 0) is 6.54 Å². The van der Waals surface area contributed by atoms with Gasteiger partial charge in [-0.2, -0.15) is 5.26 Å². The van der Waals surface area contributed by atoms with Crippen LogP contribution in [0.5, 0.6) is 5.88 Å². The topological polar surface area (TPSA) is 49.1 Å². The van der Waals surface area contributed by atoms with E-state index >= 15 is 0 Å². The molecule has 0 aliphatic carbocycles. The average molecular weight is 279 g/mol. The molecule has 21 heavy (non-hydrogen) atoms. The molecule has 1 aliphatic heterocycles. The molecule has 0 N–H and O–H groups in total. The van der Waals surface area contributed by atoms with Crippen LogP contribution < -0.4 is 4.74 Å². The van der Waals surface area contributed by atoms with E-state index in [1.165, 1.54) is 5.56 Å². The summed E-state index contributed by atoms with van der Waals surface area (Å²) in [7, 11) is 0. The minimum atomic E-state index is 0.148. The van der Waals surface area contributed by atoms with E-state index in [0.29, 0.717) is 11.4 Å². The maximum atomic E-state index is 8.89. The van der Waals surface area contributed by atoms with Gasteiger partial charge in [0.15, 0.2) is 0 Å². The van der Waals surface area contributed by atoms with Crippen molar-refractivity contribution in [1.82, 2.24) is 9.88 Å². The smallest absolute Gasteiger partial charge is 0.214 e. The van der Waals surface area contributed by atoms with Crippen LogP contribution in [0.4, 0.5) is 0 Å². The predicted octanol–water partition coefficient (Wildman–Crippen LogP) is 2.61. The summed E-state index contributed by atoms with van der Waals surface area (Å²) < 4.78 is 5.88. The first-order valence-electron chi connectivity index (χ1n) is 7.12. The lowest BCUT2D eigenvalue weighted by Gasteiger charge is -2.16. The quantitative estimate of drug-likeness (QED) is 0.863. The molecule has 1 fully saturated rings. The highest BCUT2D eigenvalue weighted by molar-refractivity contribution is 5.31. The molecule has 2 aromatic rings. The number of nitriles is 1. The van der Waals surface area contributed by atoms with Crippen LogP contribution in [0, 0.1) is 11.3 Å². The number of hydrogen-bond donors (Lipinski definition) is 0. The van der Waals surface area contributed by atoms with Gasteiger partial charge in [-0.1, -0.05) is 30.3 Å². The van der Waals surface area contributed by atoms with Crippen LogP contribution in [0.15, 0.2) is 48.7 Å². The molecule has 2 heterocycles. The highest BCUT2D eigenvalue weighted by atomic mass is 16.5. The molecular weight excluding hydrogens is 262 g/mol. The van der Waals surface area contributed by atoms with Gasteiger partial charge in [0.1, 0.15) is 6.10 Å². The third kappa shape index (κ3) is 3.59. The van der Waals surface area contributed by atoms with Crippen LogP contribution in [0.2, 0.25) is 0 Å². The standard InChI is InChI=1S/C17H17N3O/c18-11-15-6-8-19-17(10-15)21-16-7-9-20(13-16)12-14-4-2-1-3-5-14/h1-6,8,10,16H,7,9,12-13H2. The van der Waals surface area contributed by atoms with Crippen molar-refractivity contribution in [3.63, 3.8) is 0 Å². The van der Waals surface area contributed by atoms with E-state index in [-0.39, 0.29) is 6.10 Å². The van der Waals surface area contributed by atoms with Crippen molar-refractivity contribution in [2.24, 2.45) is 0 Å². The Morgan fingerprint density at radius 3 is 2.95 bits per heavy atom. The molecule has 1 saturated heterocycles. The summed E-state index contributed by atoms with van der Waals surface area (Å²) in [6, 6.07) is 15.9. The number of ether oxygens (including phenoxy) is 1. The van der Waals surface area contributed by atoms with E-state index in [1.54, 1.807) is 18.3 Å². The molecule has 1 unspecified atom stereocenters. The van der Waals surface area contributed by atoms with Crippen LogP contribution in [0.1, 0.15) is 17.5 Å². The van der Waals surface area contributed by atoms with E-state index in [2.05, 4.69) is 40.2 Å². The van der Waals surface area contributed by atoms with Crippen LogP contribution in [0.3, 0.4) is 0 Å². The number of likely N-dealkylation sites (tertiary alicyclic amines) is 1. The molecule has 1 aromatic carbocycles. The zero-order valence-corrected chi connectivity index (χ0v) is 11.8. The summed E-state index contributed by atoms with van der Waals surface area (Å²) in [5, 5.41) is 8.89. The normalized spacial score (nSPS) is 18.3. The zero-order valence-electron chi connectivity index (χ0n) is 11.8. The Morgan fingerprint density at radius 2 is 2.14 bits per heavy atom. The summed E-state index contributed by atoms with van der Waals surface area (Å²) in [6.07, 6.45) is 2.76. The Morgan fingerprint density at radius 1 is 1.29 bits per heavy atom. The molecule has 0 bridgehead atoms. The second-order valence-corrected chi connectivity index (χ2v) is 5.24. The fraction of sp³-hybridized carbons (Fsp3) is 0.294. The third-order valence-electron chi connectivity index (χ3n) is 3.63. The van der Waals surface area contributed by atoms with E-state index in [1.807, 2.05) is 6.07 Å². The molecule has 3 rings (SSSR count). The fourth-order valence-electron chi connectivity index (χ4n) is 2.59. The summed E-state index contributed by atoms with van der Waals surface area (Å²) in [4.78, 5) is 6.55. The van der Waals surface area contributed by atoms with Crippen molar-refractivity contribution >= 4 is 0 Å². The Hall–Kier alpha value is -2.38. The minimum absolute atomic E-state index is 0.148. The number of nitrogens with zero attached hydrogens (tertiary/aromatic N) is 3. The van der Waals surface area contributed by atoms with E-state index in [4.69, 9.17) is 10.00 Å². The Bertz CT molecular complexity index is 636. The predicted molar refractivity (Wildman–Crippen MR) is 79.7 cm³/mol. The van der Waals surface area contributed by atoms with E-state index < -0.39 is 0 Å². The zero-order chi connectivity index (χ0) is 14.5. The van der Waals surface area contributed by atoms with Gasteiger partial charge in [0, 0.05) is 31.9 Å². The van der Waals surface area contributed by atoms with Crippen LogP contribution >= 0.6 is 0 Å². The maximum absolute atomic E-state index is 8.89. The van der Waals surface area contributed by atoms with Crippen molar-refractivity contribution in [1.29, 1.82) is 5.26 Å². The number of rotatable bonds is 4. The van der Waals surface area contributed by atoms with Gasteiger partial charge in [-0.25, -0.2) is 4.98 Å². The van der Waals surface area contributed by atoms with Gasteiger partial charge in [-0.05, 0) is 18.1 Å². The Kier molecular flexibility index (Phi) is 4.13. The van der Waals surface area contributed by atoms with Gasteiger partial charge in [0.05, 0.1) is 11.6 Å². The van der Waals surface area contributed by atoms with Crippen molar-refractivity contribution in [3.05, 3.63) is 59.8 Å². The highest BCUT2D eigenvalue weighted by Gasteiger charge is 2.24. The fourth-order valence-corrected chi connectivity index (χ4v) is 2.59. The summed E-state index contributed by atoms with van der Waals surface area (Å²) >= 11 is 0. The molecule has 0 amide bonds. The lowest BCUT2D eigenvalue weighted by Crippen LogP contribution is -2.24. The second-order valence-electron chi connectivity index (χ2n) is 5.24. The first-order chi connectivity index (χ1) is 10.3. The lowest BCUT2D eigenvalue weighted by atomic mass is 10.2. The average Bonchev–Trinajstić information content (AvgIpc) is 2.95. The Labute approximate surface area is 124 Å². The summed E-state index contributed by atoms with van der Waals surface area (Å²) in [6.45, 7) is 2.87. The van der Waals surface area contributed by atoms with Crippen molar-refractivity contribution in [3.8, 4) is 11.9 Å². The van der Waals surface area contributed by atoms with Gasteiger partial charge < -0.3 is 4.74 Å². The van der Waals surface area contributed by atoms with Crippen LogP contribution in [-0.4, -0.2) is 29.1 Å². The number of aromatic nitrogens is 1. The number of hydrogen-bond acceptors (Lipinski definition) is 4. The van der Waals surface area contributed by atoms with Gasteiger partial charge in [-0.3, -0.25) is 4.90 Å². The van der Waals surface area contributed by atoms with Gasteiger partial charge >= 0.3 is 0 Å². The molecule has 4 nitrogen and oxygen atoms in total. The molecule has 1 aliphatic rings. The molecule has 1 atom stereocenters. The highest BCUT2D eigenvalue weighted by Crippen LogP contribution is 2.19. The van der Waals surface area contributed by atoms with Gasteiger partial charge in [0.25, 0.3) is 0 Å². The maximum Gasteiger partial charge on any atom is 0.214 e. The number of pyridine rings is 1. The first kappa shape index (κ1) is 13.6. The van der Waals surface area contributed by atoms with E-state index in [0.717, 1.165) is 26.1 Å². The Balaban J connectivity index is 1.56. The first-order valence-corrected chi connectivity index (χ1v) is 7.12. The number of benzene rings is 1. The minimum Gasteiger partial charge on any atom is -0.473 e. The van der Waals surface area contributed by atoms with Crippen molar-refractivity contribution in [2.45, 2.75) is 19.1 Å². The lowest BCUT2D eigenvalue weighted by molar-refractivity contribution is 0.191. The molecule has 4 heteroatoms. The monoisotopic (exact) mass is 279 g/mol. The molecular formula is C17H17N3O. The molecule has 106 valence electrons. The van der Waals surface area contributed by atoms with Gasteiger partial charge in [-0.15, -0.1) is 0 Å². The molecule has 0 radical (unpaired) electrons. The van der Waals surface area contributed by atoms with E-state index in [9.17, 15) is 0 Å². The van der Waals surface area contributed by atoms with Crippen LogP contribution in [0.25, 0.3) is 0 Å². The third-order valence-corrected chi connectivity index (χ3v) is 3.63. The molecule has 0 spiro atoms.